The zero-order valence-corrected chi connectivity index (χ0v) is 18.8. The first-order valence-corrected chi connectivity index (χ1v) is 10.2. The van der Waals surface area contributed by atoms with Gasteiger partial charge in [0.1, 0.15) is 0 Å². The largest absolute Gasteiger partial charge is 0.395 e. The van der Waals surface area contributed by atoms with Crippen LogP contribution in [0.25, 0.3) is 11.1 Å². The molecule has 0 heterocycles. The summed E-state index contributed by atoms with van der Waals surface area (Å²) in [5, 5.41) is 15.1. The molecular weight excluding hydrogens is 388 g/mol. The number of aliphatic hydroxyl groups is 1. The minimum absolute atomic E-state index is 0.0763. The fraction of sp³-hybridized carbons (Fsp3) is 0.280. The molecule has 1 amide bonds. The zero-order valence-electron chi connectivity index (χ0n) is 18.8. The van der Waals surface area contributed by atoms with Crippen LogP contribution in [0.3, 0.4) is 0 Å². The van der Waals surface area contributed by atoms with E-state index in [1.54, 1.807) is 0 Å². The molecule has 0 atom stereocenters. The summed E-state index contributed by atoms with van der Waals surface area (Å²) in [4.78, 5) is 19.0. The second-order valence-corrected chi connectivity index (χ2v) is 7.48. The van der Waals surface area contributed by atoms with Crippen LogP contribution in [0.2, 0.25) is 0 Å². The van der Waals surface area contributed by atoms with Crippen LogP contribution >= 0.6 is 0 Å². The molecule has 3 N–H and O–H groups in total. The van der Waals surface area contributed by atoms with Crippen molar-refractivity contribution in [3.8, 4) is 11.1 Å². The van der Waals surface area contributed by atoms with E-state index in [0.29, 0.717) is 18.8 Å². The summed E-state index contributed by atoms with van der Waals surface area (Å²) in [5.41, 5.74) is 5.79. The number of allylic oxidation sites excluding steroid dienone is 1. The van der Waals surface area contributed by atoms with Crippen LogP contribution in [0.4, 0.5) is 5.69 Å². The molecule has 0 radical (unpaired) electrons. The number of aliphatic hydroxyl groups excluding tert-OH is 1. The molecule has 2 rings (SSSR count). The highest BCUT2D eigenvalue weighted by Crippen LogP contribution is 2.29. The summed E-state index contributed by atoms with van der Waals surface area (Å²) >= 11 is 0. The number of likely N-dealkylation sites (N-methyl/N-ethyl adjacent to an activating group) is 1. The molecule has 6 heteroatoms. The number of nitrogens with zero attached hydrogens (tertiary/aromatic N) is 2. The maximum atomic E-state index is 13.1. The van der Waals surface area contributed by atoms with E-state index in [1.165, 1.54) is 0 Å². The first-order valence-electron chi connectivity index (χ1n) is 10.2. The van der Waals surface area contributed by atoms with E-state index in [2.05, 4.69) is 22.3 Å². The van der Waals surface area contributed by atoms with Crippen molar-refractivity contribution in [1.82, 2.24) is 10.2 Å². The van der Waals surface area contributed by atoms with Gasteiger partial charge in [-0.25, -0.2) is 0 Å². The fourth-order valence-electron chi connectivity index (χ4n) is 3.21. The predicted molar refractivity (Wildman–Crippen MR) is 129 cm³/mol. The number of nitrogens with one attached hydrogen (secondary N) is 2. The zero-order chi connectivity index (χ0) is 22.8. The SMILES string of the molecule is C=N/C(C(=O)Nc1cccc(-c2ccccc2)c1C)=C(\C=C(/C)CNCCO)N(C)C. The molecule has 0 bridgehead atoms. The van der Waals surface area contributed by atoms with Crippen LogP contribution in [0.15, 0.2) is 76.6 Å². The number of carbonyl (C=O) groups is 1. The Morgan fingerprint density at radius 3 is 2.48 bits per heavy atom. The molecule has 0 saturated carbocycles. The molecule has 31 heavy (non-hydrogen) atoms. The Morgan fingerprint density at radius 1 is 1.16 bits per heavy atom. The first kappa shape index (κ1) is 24.1. The lowest BCUT2D eigenvalue weighted by molar-refractivity contribution is -0.113. The van der Waals surface area contributed by atoms with Gasteiger partial charge < -0.3 is 20.6 Å². The molecule has 6 nitrogen and oxygen atoms in total. The van der Waals surface area contributed by atoms with Gasteiger partial charge in [0.2, 0.25) is 0 Å². The van der Waals surface area contributed by atoms with Gasteiger partial charge in [0.05, 0.1) is 12.3 Å². The van der Waals surface area contributed by atoms with Crippen molar-refractivity contribution >= 4 is 18.3 Å². The molecule has 164 valence electrons. The summed E-state index contributed by atoms with van der Waals surface area (Å²) < 4.78 is 0. The molecule has 0 unspecified atom stereocenters. The highest BCUT2D eigenvalue weighted by Gasteiger charge is 2.17. The Labute approximate surface area is 185 Å². The molecule has 0 aliphatic carbocycles. The Kier molecular flexibility index (Phi) is 9.18. The average Bonchev–Trinajstić information content (AvgIpc) is 2.75. The lowest BCUT2D eigenvalue weighted by atomic mass is 9.99. The maximum Gasteiger partial charge on any atom is 0.276 e. The second kappa shape index (κ2) is 11.8. The van der Waals surface area contributed by atoms with Gasteiger partial charge in [0.25, 0.3) is 5.91 Å². The minimum Gasteiger partial charge on any atom is -0.395 e. The standard InChI is InChI=1S/C25H32N4O2/c1-18(17-27-14-15-30)16-23(29(4)5)24(26-3)25(31)28-22-13-9-12-21(19(22)2)20-10-7-6-8-11-20/h6-13,16,27,30H,3,14-15,17H2,1-2,4-5H3,(H,28,31)/b18-16+,24-23+. The number of amides is 1. The molecule has 0 spiro atoms. The summed E-state index contributed by atoms with van der Waals surface area (Å²) in [6, 6.07) is 15.9. The smallest absolute Gasteiger partial charge is 0.276 e. The lowest BCUT2D eigenvalue weighted by Crippen LogP contribution is -2.23. The topological polar surface area (TPSA) is 77.0 Å². The highest BCUT2D eigenvalue weighted by molar-refractivity contribution is 6.05. The maximum absolute atomic E-state index is 13.1. The summed E-state index contributed by atoms with van der Waals surface area (Å²) in [6.45, 7) is 8.76. The van der Waals surface area contributed by atoms with Gasteiger partial charge in [-0.3, -0.25) is 9.79 Å². The average molecular weight is 421 g/mol. The molecule has 0 fully saturated rings. The van der Waals surface area contributed by atoms with Gasteiger partial charge in [0, 0.05) is 32.9 Å². The van der Waals surface area contributed by atoms with Crippen molar-refractivity contribution < 1.29 is 9.90 Å². The third kappa shape index (κ3) is 6.64. The lowest BCUT2D eigenvalue weighted by Gasteiger charge is -2.19. The van der Waals surface area contributed by atoms with Crippen molar-refractivity contribution in [2.24, 2.45) is 4.99 Å². The van der Waals surface area contributed by atoms with E-state index >= 15 is 0 Å². The van der Waals surface area contributed by atoms with Crippen LogP contribution in [0.5, 0.6) is 0 Å². The Hall–Kier alpha value is -3.22. The highest BCUT2D eigenvalue weighted by atomic mass is 16.3. The van der Waals surface area contributed by atoms with Crippen LogP contribution < -0.4 is 10.6 Å². The Morgan fingerprint density at radius 2 is 1.87 bits per heavy atom. The predicted octanol–water partition coefficient (Wildman–Crippen LogP) is 3.60. The van der Waals surface area contributed by atoms with E-state index < -0.39 is 0 Å². The second-order valence-electron chi connectivity index (χ2n) is 7.48. The summed E-state index contributed by atoms with van der Waals surface area (Å²) in [7, 11) is 3.72. The normalized spacial score (nSPS) is 12.2. The van der Waals surface area contributed by atoms with E-state index in [4.69, 9.17) is 5.11 Å². The number of hydrogen-bond donors (Lipinski definition) is 3. The van der Waals surface area contributed by atoms with Gasteiger partial charge in [-0.15, -0.1) is 0 Å². The Bertz CT molecular complexity index is 963. The molecule has 0 saturated heterocycles. The van der Waals surface area contributed by atoms with Crippen LogP contribution in [0.1, 0.15) is 12.5 Å². The Balaban J connectivity index is 2.35. The van der Waals surface area contributed by atoms with Crippen molar-refractivity contribution in [3.63, 3.8) is 0 Å². The number of benzene rings is 2. The third-order valence-electron chi connectivity index (χ3n) is 4.84. The van der Waals surface area contributed by atoms with Gasteiger partial charge in [-0.1, -0.05) is 48.0 Å². The van der Waals surface area contributed by atoms with Crippen molar-refractivity contribution in [2.45, 2.75) is 13.8 Å². The number of rotatable bonds is 10. The van der Waals surface area contributed by atoms with Crippen LogP contribution in [-0.2, 0) is 4.79 Å². The molecular formula is C25H32N4O2. The van der Waals surface area contributed by atoms with E-state index in [0.717, 1.165) is 28.0 Å². The molecule has 0 aliphatic rings. The van der Waals surface area contributed by atoms with Crippen LogP contribution in [-0.4, -0.2) is 56.4 Å². The molecule has 0 aliphatic heterocycles. The number of anilines is 1. The third-order valence-corrected chi connectivity index (χ3v) is 4.84. The van der Waals surface area contributed by atoms with Crippen molar-refractivity contribution in [2.75, 3.05) is 39.1 Å². The number of aliphatic imine (C=N–C) groups is 1. The van der Waals surface area contributed by atoms with E-state index in [9.17, 15) is 4.79 Å². The molecule has 2 aromatic rings. The number of carbonyl (C=O) groups excluding carboxylic acids is 1. The van der Waals surface area contributed by atoms with E-state index in [1.807, 2.05) is 87.4 Å². The summed E-state index contributed by atoms with van der Waals surface area (Å²) in [6.07, 6.45) is 1.90. The fourth-order valence-corrected chi connectivity index (χ4v) is 3.21. The van der Waals surface area contributed by atoms with Crippen molar-refractivity contribution in [3.05, 3.63) is 77.1 Å². The molecule has 2 aromatic carbocycles. The molecule has 0 aromatic heterocycles. The van der Waals surface area contributed by atoms with Gasteiger partial charge in [-0.2, -0.15) is 0 Å². The van der Waals surface area contributed by atoms with Crippen LogP contribution in [0, 0.1) is 6.92 Å². The number of hydrogen-bond acceptors (Lipinski definition) is 5. The monoisotopic (exact) mass is 420 g/mol. The van der Waals surface area contributed by atoms with Gasteiger partial charge in [0.15, 0.2) is 5.70 Å². The quantitative estimate of drug-likeness (QED) is 0.238. The summed E-state index contributed by atoms with van der Waals surface area (Å²) in [5.74, 6) is -0.320. The van der Waals surface area contributed by atoms with E-state index in [-0.39, 0.29) is 18.2 Å². The minimum atomic E-state index is -0.320. The van der Waals surface area contributed by atoms with Crippen molar-refractivity contribution in [1.29, 1.82) is 0 Å². The van der Waals surface area contributed by atoms with Gasteiger partial charge in [-0.05, 0) is 49.4 Å². The van der Waals surface area contributed by atoms with Gasteiger partial charge >= 0.3 is 0 Å². The first-order chi connectivity index (χ1) is 14.9.